The van der Waals surface area contributed by atoms with Crippen LogP contribution in [-0.4, -0.2) is 15.8 Å². The van der Waals surface area contributed by atoms with Crippen LogP contribution in [0.5, 0.6) is 0 Å². The van der Waals surface area contributed by atoms with Gasteiger partial charge in [0.15, 0.2) is 17.4 Å². The summed E-state index contributed by atoms with van der Waals surface area (Å²) in [6.07, 6.45) is -3.39. The van der Waals surface area contributed by atoms with E-state index in [1.54, 1.807) is 24.3 Å². The van der Waals surface area contributed by atoms with Crippen molar-refractivity contribution in [2.45, 2.75) is 13.1 Å². The molecule has 0 bridgehead atoms. The number of hydrogen-bond acceptors (Lipinski definition) is 6. The Bertz CT molecular complexity index is 1070. The monoisotopic (exact) mass is 421 g/mol. The molecule has 0 spiro atoms. The van der Waals surface area contributed by atoms with E-state index in [0.717, 1.165) is 12.1 Å². The number of nitrogens with two attached hydrogens (primary N) is 1. The fraction of sp³-hybridized carbons (Fsp3) is 0.105. The van der Waals surface area contributed by atoms with Gasteiger partial charge in [0.2, 0.25) is 0 Å². The van der Waals surface area contributed by atoms with Crippen LogP contribution in [0, 0.1) is 0 Å². The summed E-state index contributed by atoms with van der Waals surface area (Å²) in [5.74, 6) is 0.240. The van der Waals surface area contributed by atoms with Crippen molar-refractivity contribution in [3.8, 4) is 0 Å². The van der Waals surface area contributed by atoms with Gasteiger partial charge in [0.05, 0.1) is 10.6 Å². The quantitative estimate of drug-likeness (QED) is 0.476. The number of carbonyl (C=O) groups is 1. The van der Waals surface area contributed by atoms with Crippen molar-refractivity contribution in [3.63, 3.8) is 0 Å². The number of nitrogen functional groups attached to an aromatic ring is 1. The van der Waals surface area contributed by atoms with Gasteiger partial charge in [-0.15, -0.1) is 0 Å². The molecule has 0 amide bonds. The van der Waals surface area contributed by atoms with Crippen molar-refractivity contribution in [2.75, 3.05) is 16.4 Å². The molecule has 29 heavy (non-hydrogen) atoms. The lowest BCUT2D eigenvalue weighted by molar-refractivity contribution is -0.137. The molecule has 3 aromatic rings. The van der Waals surface area contributed by atoms with Crippen LogP contribution < -0.4 is 16.4 Å². The molecule has 0 atom stereocenters. The predicted octanol–water partition coefficient (Wildman–Crippen LogP) is 5.42. The number of Topliss-reactive ketones (excluding diaryl/α,β-unsaturated/α-hetero) is 1. The highest BCUT2D eigenvalue weighted by Crippen LogP contribution is 2.37. The number of benzene rings is 2. The number of ketones is 1. The van der Waals surface area contributed by atoms with Crippen LogP contribution in [0.2, 0.25) is 5.02 Å². The summed E-state index contributed by atoms with van der Waals surface area (Å²) in [5.41, 5.74) is 6.36. The lowest BCUT2D eigenvalue weighted by Gasteiger charge is -2.15. The summed E-state index contributed by atoms with van der Waals surface area (Å²) >= 11 is 5.63. The Kier molecular flexibility index (Phi) is 5.60. The molecule has 0 unspecified atom stereocenters. The summed E-state index contributed by atoms with van der Waals surface area (Å²) in [7, 11) is 0. The van der Waals surface area contributed by atoms with E-state index >= 15 is 0 Å². The highest BCUT2D eigenvalue weighted by atomic mass is 35.5. The molecule has 0 fully saturated rings. The van der Waals surface area contributed by atoms with Gasteiger partial charge in [-0.1, -0.05) is 23.7 Å². The molecule has 1 heterocycles. The predicted molar refractivity (Wildman–Crippen MR) is 106 cm³/mol. The molecule has 4 N–H and O–H groups in total. The van der Waals surface area contributed by atoms with Crippen molar-refractivity contribution in [1.29, 1.82) is 0 Å². The highest BCUT2D eigenvalue weighted by molar-refractivity contribution is 6.31. The van der Waals surface area contributed by atoms with Crippen molar-refractivity contribution in [3.05, 3.63) is 64.9 Å². The normalized spacial score (nSPS) is 11.2. The second kappa shape index (κ2) is 7.96. The van der Waals surface area contributed by atoms with Crippen molar-refractivity contribution < 1.29 is 18.0 Å². The van der Waals surface area contributed by atoms with Crippen LogP contribution in [0.15, 0.2) is 48.8 Å². The molecule has 6 nitrogen and oxygen atoms in total. The molecule has 0 saturated heterocycles. The molecular weight excluding hydrogens is 407 g/mol. The summed E-state index contributed by atoms with van der Waals surface area (Å²) in [6.45, 7) is 1.45. The average molecular weight is 422 g/mol. The Labute approximate surface area is 168 Å². The SMILES string of the molecule is CC(=O)c1cccc(Nc2ncnc(Nc3ccc(Cl)c(C(F)(F)F)c3)c2N)c1. The van der Waals surface area contributed by atoms with E-state index in [1.165, 1.54) is 19.3 Å². The van der Waals surface area contributed by atoms with Gasteiger partial charge in [-0.25, -0.2) is 9.97 Å². The zero-order valence-corrected chi connectivity index (χ0v) is 15.8. The molecule has 150 valence electrons. The summed E-state index contributed by atoms with van der Waals surface area (Å²) in [6, 6.07) is 10.1. The minimum Gasteiger partial charge on any atom is -0.393 e. The first-order valence-electron chi connectivity index (χ1n) is 8.27. The van der Waals surface area contributed by atoms with Crippen molar-refractivity contribution in [2.24, 2.45) is 0 Å². The van der Waals surface area contributed by atoms with Crippen LogP contribution in [0.4, 0.5) is 41.9 Å². The molecule has 0 aliphatic heterocycles. The van der Waals surface area contributed by atoms with E-state index in [9.17, 15) is 18.0 Å². The van der Waals surface area contributed by atoms with Crippen LogP contribution >= 0.6 is 11.6 Å². The molecule has 10 heteroatoms. The Balaban J connectivity index is 1.88. The second-order valence-electron chi connectivity index (χ2n) is 6.06. The third kappa shape index (κ3) is 4.75. The van der Waals surface area contributed by atoms with Gasteiger partial charge in [0.1, 0.15) is 12.0 Å². The number of carbonyl (C=O) groups excluding carboxylic acids is 1. The van der Waals surface area contributed by atoms with Crippen LogP contribution in [0.1, 0.15) is 22.8 Å². The summed E-state index contributed by atoms with van der Waals surface area (Å²) in [4.78, 5) is 19.5. The van der Waals surface area contributed by atoms with Crippen molar-refractivity contribution >= 4 is 46.1 Å². The summed E-state index contributed by atoms with van der Waals surface area (Å²) in [5, 5.41) is 5.30. The smallest absolute Gasteiger partial charge is 0.393 e. The number of halogens is 4. The van der Waals surface area contributed by atoms with Gasteiger partial charge < -0.3 is 16.4 Å². The first kappa shape index (κ1) is 20.4. The maximum atomic E-state index is 13.0. The van der Waals surface area contributed by atoms with Crippen LogP contribution in [0.25, 0.3) is 0 Å². The number of rotatable bonds is 5. The molecule has 3 rings (SSSR count). The first-order valence-corrected chi connectivity index (χ1v) is 8.65. The topological polar surface area (TPSA) is 92.9 Å². The van der Waals surface area contributed by atoms with E-state index in [4.69, 9.17) is 17.3 Å². The zero-order chi connectivity index (χ0) is 21.2. The number of nitrogens with zero attached hydrogens (tertiary/aromatic N) is 2. The summed E-state index contributed by atoms with van der Waals surface area (Å²) < 4.78 is 39.1. The molecular formula is C19H15ClF3N5O. The maximum Gasteiger partial charge on any atom is 0.417 e. The van der Waals surface area contributed by atoms with E-state index in [0.29, 0.717) is 11.3 Å². The zero-order valence-electron chi connectivity index (χ0n) is 15.0. The highest BCUT2D eigenvalue weighted by Gasteiger charge is 2.33. The Morgan fingerprint density at radius 3 is 2.24 bits per heavy atom. The fourth-order valence-electron chi connectivity index (χ4n) is 2.50. The third-order valence-corrected chi connectivity index (χ3v) is 4.28. The van der Waals surface area contributed by atoms with E-state index in [-0.39, 0.29) is 28.8 Å². The molecule has 2 aromatic carbocycles. The number of nitrogens with one attached hydrogen (secondary N) is 2. The number of hydrogen-bond donors (Lipinski definition) is 3. The second-order valence-corrected chi connectivity index (χ2v) is 6.47. The van der Waals surface area contributed by atoms with Gasteiger partial charge in [0.25, 0.3) is 0 Å². The van der Waals surface area contributed by atoms with E-state index < -0.39 is 16.8 Å². The average Bonchev–Trinajstić information content (AvgIpc) is 2.66. The van der Waals surface area contributed by atoms with Gasteiger partial charge in [0, 0.05) is 16.9 Å². The molecule has 0 saturated carbocycles. The third-order valence-electron chi connectivity index (χ3n) is 3.95. The maximum absolute atomic E-state index is 13.0. The Morgan fingerprint density at radius 2 is 1.66 bits per heavy atom. The van der Waals surface area contributed by atoms with Crippen LogP contribution in [-0.2, 0) is 6.18 Å². The van der Waals surface area contributed by atoms with Gasteiger partial charge in [-0.3, -0.25) is 4.79 Å². The lowest BCUT2D eigenvalue weighted by atomic mass is 10.1. The Hall–Kier alpha value is -3.33. The van der Waals surface area contributed by atoms with Gasteiger partial charge in [-0.05, 0) is 37.3 Å². The first-order chi connectivity index (χ1) is 13.6. The molecule has 0 aliphatic carbocycles. The van der Waals surface area contributed by atoms with Crippen LogP contribution in [0.3, 0.4) is 0 Å². The van der Waals surface area contributed by atoms with E-state index in [2.05, 4.69) is 20.6 Å². The minimum absolute atomic E-state index is 0.0873. The van der Waals surface area contributed by atoms with E-state index in [1.807, 2.05) is 0 Å². The van der Waals surface area contributed by atoms with Gasteiger partial charge in [-0.2, -0.15) is 13.2 Å². The molecule has 1 aromatic heterocycles. The minimum atomic E-state index is -4.60. The van der Waals surface area contributed by atoms with Crippen molar-refractivity contribution in [1.82, 2.24) is 9.97 Å². The largest absolute Gasteiger partial charge is 0.417 e. The number of aromatic nitrogens is 2. The lowest BCUT2D eigenvalue weighted by Crippen LogP contribution is -2.08. The fourth-order valence-corrected chi connectivity index (χ4v) is 2.73. The Morgan fingerprint density at radius 1 is 1.03 bits per heavy atom. The number of alkyl halides is 3. The molecule has 0 aliphatic rings. The van der Waals surface area contributed by atoms with Gasteiger partial charge >= 0.3 is 6.18 Å². The standard InChI is InChI=1S/C19H15ClF3N5O/c1-10(29)11-3-2-4-12(7-11)27-17-16(24)18(26-9-25-17)28-13-5-6-15(20)14(8-13)19(21,22)23/h2-9H,24H2,1H3,(H2,25,26,27,28). The number of anilines is 5. The molecule has 0 radical (unpaired) electrons.